The Balaban J connectivity index is 2.92. The lowest BCUT2D eigenvalue weighted by atomic mass is 10.2. The molecule has 0 aliphatic heterocycles. The van der Waals surface area contributed by atoms with Crippen molar-refractivity contribution in [1.82, 2.24) is 4.90 Å². The smallest absolute Gasteiger partial charge is 0.134 e. The molecule has 0 bridgehead atoms. The molecule has 0 radical (unpaired) electrons. The number of benzene rings is 1. The molecule has 0 heterocycles. The van der Waals surface area contributed by atoms with E-state index in [0.29, 0.717) is 5.02 Å². The molecule has 12 heavy (non-hydrogen) atoms. The van der Waals surface area contributed by atoms with E-state index in [0.717, 1.165) is 12.1 Å². The van der Waals surface area contributed by atoms with Gasteiger partial charge in [-0.05, 0) is 25.7 Å². The molecule has 1 aromatic rings. The van der Waals surface area contributed by atoms with Gasteiger partial charge in [0.25, 0.3) is 0 Å². The van der Waals surface area contributed by atoms with Crippen molar-refractivity contribution in [3.05, 3.63) is 28.8 Å². The fraction of sp³-hybridized carbons (Fsp3) is 0.333. The first-order chi connectivity index (χ1) is 5.61. The van der Waals surface area contributed by atoms with Gasteiger partial charge >= 0.3 is 0 Å². The number of nitrogens with zero attached hydrogens (tertiary/aromatic N) is 1. The third-order valence-corrected chi connectivity index (χ3v) is 1.98. The summed E-state index contributed by atoms with van der Waals surface area (Å²) in [5.41, 5.74) is 0.946. The molecule has 0 saturated heterocycles. The Hall–Kier alpha value is -0.730. The summed E-state index contributed by atoms with van der Waals surface area (Å²) in [7, 11) is 3.92. The average Bonchev–Trinajstić information content (AvgIpc) is 1.98. The minimum Gasteiger partial charge on any atom is -0.506 e. The van der Waals surface area contributed by atoms with E-state index in [-0.39, 0.29) is 5.75 Å². The number of hydrogen-bond acceptors (Lipinski definition) is 2. The Morgan fingerprint density at radius 1 is 1.42 bits per heavy atom. The van der Waals surface area contributed by atoms with E-state index >= 15 is 0 Å². The maximum absolute atomic E-state index is 9.26. The highest BCUT2D eigenvalue weighted by Gasteiger charge is 2.04. The molecule has 0 spiro atoms. The Kier molecular flexibility index (Phi) is 2.95. The first kappa shape index (κ1) is 9.36. The average molecular weight is 186 g/mol. The van der Waals surface area contributed by atoms with E-state index in [4.69, 9.17) is 11.6 Å². The normalized spacial score (nSPS) is 10.7. The van der Waals surface area contributed by atoms with Crippen LogP contribution in [-0.4, -0.2) is 24.1 Å². The van der Waals surface area contributed by atoms with Crippen LogP contribution in [-0.2, 0) is 6.54 Å². The lowest BCUT2D eigenvalue weighted by Gasteiger charge is -2.11. The summed E-state index contributed by atoms with van der Waals surface area (Å²) < 4.78 is 0. The minimum absolute atomic E-state index is 0.149. The fourth-order valence-corrected chi connectivity index (χ4v) is 1.21. The molecule has 1 N–H and O–H groups in total. The van der Waals surface area contributed by atoms with E-state index in [1.807, 2.05) is 25.1 Å². The number of halogens is 1. The van der Waals surface area contributed by atoms with Gasteiger partial charge in [-0.15, -0.1) is 0 Å². The molecule has 0 aromatic heterocycles. The standard InChI is InChI=1S/C9H12ClNO/c1-11(2)6-7-4-3-5-8(12)9(7)10/h3-5,12H,6H2,1-2H3. The molecule has 3 heteroatoms. The highest BCUT2D eigenvalue weighted by molar-refractivity contribution is 6.32. The minimum atomic E-state index is 0.149. The largest absolute Gasteiger partial charge is 0.506 e. The number of phenols is 1. The zero-order valence-electron chi connectivity index (χ0n) is 7.21. The van der Waals surface area contributed by atoms with E-state index in [1.54, 1.807) is 12.1 Å². The van der Waals surface area contributed by atoms with Crippen molar-refractivity contribution in [1.29, 1.82) is 0 Å². The van der Waals surface area contributed by atoms with Crippen molar-refractivity contribution in [3.63, 3.8) is 0 Å². The fourth-order valence-electron chi connectivity index (χ4n) is 1.03. The molecule has 0 saturated carbocycles. The van der Waals surface area contributed by atoms with Crippen molar-refractivity contribution in [2.75, 3.05) is 14.1 Å². The summed E-state index contributed by atoms with van der Waals surface area (Å²) >= 11 is 5.86. The molecule has 0 unspecified atom stereocenters. The van der Waals surface area contributed by atoms with Gasteiger partial charge in [-0.1, -0.05) is 23.7 Å². The summed E-state index contributed by atoms with van der Waals surface area (Å²) in [6.45, 7) is 0.743. The summed E-state index contributed by atoms with van der Waals surface area (Å²) in [4.78, 5) is 2.00. The monoisotopic (exact) mass is 185 g/mol. The summed E-state index contributed by atoms with van der Waals surface area (Å²) in [5, 5.41) is 9.71. The molecule has 0 amide bonds. The van der Waals surface area contributed by atoms with Gasteiger partial charge in [-0.25, -0.2) is 0 Å². The lowest BCUT2D eigenvalue weighted by molar-refractivity contribution is 0.400. The zero-order valence-corrected chi connectivity index (χ0v) is 7.97. The third-order valence-electron chi connectivity index (χ3n) is 1.54. The van der Waals surface area contributed by atoms with Crippen molar-refractivity contribution in [2.24, 2.45) is 0 Å². The summed E-state index contributed by atoms with van der Waals surface area (Å²) in [5.74, 6) is 0.149. The van der Waals surface area contributed by atoms with Crippen LogP contribution in [0.4, 0.5) is 0 Å². The van der Waals surface area contributed by atoms with Gasteiger partial charge in [0.1, 0.15) is 5.75 Å². The quantitative estimate of drug-likeness (QED) is 0.763. The second-order valence-electron chi connectivity index (χ2n) is 2.99. The van der Waals surface area contributed by atoms with Crippen LogP contribution in [0.3, 0.4) is 0 Å². The van der Waals surface area contributed by atoms with Gasteiger partial charge in [0, 0.05) is 6.54 Å². The predicted molar refractivity (Wildman–Crippen MR) is 50.5 cm³/mol. The number of aromatic hydroxyl groups is 1. The Morgan fingerprint density at radius 2 is 2.08 bits per heavy atom. The molecular weight excluding hydrogens is 174 g/mol. The van der Waals surface area contributed by atoms with Crippen LogP contribution in [0.2, 0.25) is 5.02 Å². The summed E-state index contributed by atoms with van der Waals surface area (Å²) in [6.07, 6.45) is 0. The maximum atomic E-state index is 9.26. The predicted octanol–water partition coefficient (Wildman–Crippen LogP) is 2.11. The Labute approximate surface area is 77.4 Å². The van der Waals surface area contributed by atoms with Gasteiger partial charge in [-0.3, -0.25) is 0 Å². The van der Waals surface area contributed by atoms with E-state index in [1.165, 1.54) is 0 Å². The molecular formula is C9H12ClNO. The molecule has 0 fully saturated rings. The molecule has 2 nitrogen and oxygen atoms in total. The Bertz CT molecular complexity index is 273. The van der Waals surface area contributed by atoms with Gasteiger partial charge in [-0.2, -0.15) is 0 Å². The lowest BCUT2D eigenvalue weighted by Crippen LogP contribution is -2.10. The van der Waals surface area contributed by atoms with Crippen LogP contribution in [0.25, 0.3) is 0 Å². The second kappa shape index (κ2) is 3.78. The van der Waals surface area contributed by atoms with Crippen LogP contribution < -0.4 is 0 Å². The van der Waals surface area contributed by atoms with Crippen LogP contribution >= 0.6 is 11.6 Å². The second-order valence-corrected chi connectivity index (χ2v) is 3.37. The maximum Gasteiger partial charge on any atom is 0.134 e. The molecule has 66 valence electrons. The highest BCUT2D eigenvalue weighted by atomic mass is 35.5. The molecule has 0 aliphatic carbocycles. The van der Waals surface area contributed by atoms with E-state index in [9.17, 15) is 5.11 Å². The van der Waals surface area contributed by atoms with Crippen LogP contribution in [0.1, 0.15) is 5.56 Å². The SMILES string of the molecule is CN(C)Cc1cccc(O)c1Cl. The number of hydrogen-bond donors (Lipinski definition) is 1. The first-order valence-electron chi connectivity index (χ1n) is 3.72. The van der Waals surface area contributed by atoms with Gasteiger partial charge in [0.05, 0.1) is 5.02 Å². The van der Waals surface area contributed by atoms with Crippen molar-refractivity contribution >= 4 is 11.6 Å². The third kappa shape index (κ3) is 2.13. The zero-order chi connectivity index (χ0) is 9.14. The molecule has 1 rings (SSSR count). The van der Waals surface area contributed by atoms with Crippen molar-refractivity contribution in [2.45, 2.75) is 6.54 Å². The highest BCUT2D eigenvalue weighted by Crippen LogP contribution is 2.26. The van der Waals surface area contributed by atoms with Gasteiger partial charge in [0.2, 0.25) is 0 Å². The number of phenolic OH excluding ortho intramolecular Hbond substituents is 1. The van der Waals surface area contributed by atoms with Crippen molar-refractivity contribution < 1.29 is 5.11 Å². The van der Waals surface area contributed by atoms with E-state index < -0.39 is 0 Å². The Morgan fingerprint density at radius 3 is 2.67 bits per heavy atom. The molecule has 1 aromatic carbocycles. The molecule has 0 aliphatic rings. The topological polar surface area (TPSA) is 23.5 Å². The van der Waals surface area contributed by atoms with Crippen molar-refractivity contribution in [3.8, 4) is 5.75 Å². The van der Waals surface area contributed by atoms with Crippen LogP contribution in [0.15, 0.2) is 18.2 Å². The van der Waals surface area contributed by atoms with Crippen LogP contribution in [0, 0.1) is 0 Å². The van der Waals surface area contributed by atoms with Gasteiger partial charge in [0.15, 0.2) is 0 Å². The van der Waals surface area contributed by atoms with Gasteiger partial charge < -0.3 is 10.0 Å². The number of rotatable bonds is 2. The van der Waals surface area contributed by atoms with Crippen LogP contribution in [0.5, 0.6) is 5.75 Å². The summed E-state index contributed by atoms with van der Waals surface area (Å²) in [6, 6.07) is 5.28. The molecule has 0 atom stereocenters. The first-order valence-corrected chi connectivity index (χ1v) is 4.10. The van der Waals surface area contributed by atoms with E-state index in [2.05, 4.69) is 0 Å².